The number of aromatic amines is 1. The van der Waals surface area contributed by atoms with Gasteiger partial charge >= 0.3 is 0 Å². The van der Waals surface area contributed by atoms with Crippen molar-refractivity contribution in [2.75, 3.05) is 23.3 Å². The standard InChI is InChI=1S/C20H20ClN7/c1-13-10-17-18(23-13)25-20(27-8-2-3-9-27)26-19(17)24-15-4-6-16(7-5-15)28-12-14(21)11-22-28/h4-7,10-12H,2-3,8-9H2,1H3,(H2,23,24,25,26). The molecule has 2 N–H and O–H groups in total. The van der Waals surface area contributed by atoms with E-state index in [1.165, 1.54) is 12.8 Å². The van der Waals surface area contributed by atoms with Gasteiger partial charge in [-0.3, -0.25) is 0 Å². The van der Waals surface area contributed by atoms with Crippen molar-refractivity contribution in [3.05, 3.63) is 53.4 Å². The van der Waals surface area contributed by atoms with Gasteiger partial charge in [0, 0.05) is 30.7 Å². The molecule has 3 aromatic heterocycles. The van der Waals surface area contributed by atoms with Gasteiger partial charge in [-0.2, -0.15) is 15.1 Å². The Morgan fingerprint density at radius 1 is 1.11 bits per heavy atom. The van der Waals surface area contributed by atoms with E-state index in [4.69, 9.17) is 21.6 Å². The topological polar surface area (TPSA) is 74.7 Å². The second-order valence-electron chi connectivity index (χ2n) is 7.06. The molecule has 142 valence electrons. The Morgan fingerprint density at radius 3 is 2.61 bits per heavy atom. The predicted molar refractivity (Wildman–Crippen MR) is 112 cm³/mol. The molecule has 1 aliphatic heterocycles. The first-order chi connectivity index (χ1) is 13.7. The molecular weight excluding hydrogens is 374 g/mol. The molecule has 5 rings (SSSR count). The molecule has 0 radical (unpaired) electrons. The Balaban J connectivity index is 1.48. The van der Waals surface area contributed by atoms with Crippen LogP contribution in [-0.4, -0.2) is 37.8 Å². The molecule has 28 heavy (non-hydrogen) atoms. The van der Waals surface area contributed by atoms with Gasteiger partial charge in [0.05, 0.1) is 22.3 Å². The summed E-state index contributed by atoms with van der Waals surface area (Å²) >= 11 is 5.96. The molecule has 0 atom stereocenters. The third-order valence-corrected chi connectivity index (χ3v) is 5.14. The molecule has 7 nitrogen and oxygen atoms in total. The normalized spacial score (nSPS) is 14.1. The van der Waals surface area contributed by atoms with E-state index in [1.54, 1.807) is 17.1 Å². The van der Waals surface area contributed by atoms with Crippen LogP contribution >= 0.6 is 11.6 Å². The molecule has 0 spiro atoms. The first kappa shape index (κ1) is 17.1. The van der Waals surface area contributed by atoms with Gasteiger partial charge in [0.2, 0.25) is 5.95 Å². The minimum absolute atomic E-state index is 0.614. The minimum Gasteiger partial charge on any atom is -0.343 e. The number of halogens is 1. The Bertz CT molecular complexity index is 1120. The fraction of sp³-hybridized carbons (Fsp3) is 0.250. The Labute approximate surface area is 167 Å². The SMILES string of the molecule is Cc1cc2c(Nc3ccc(-n4cc(Cl)cn4)cc3)nc(N3CCCC3)nc2[nH]1. The van der Waals surface area contributed by atoms with Crippen molar-refractivity contribution in [2.45, 2.75) is 19.8 Å². The number of hydrogen-bond donors (Lipinski definition) is 2. The molecule has 0 bridgehead atoms. The number of aryl methyl sites for hydroxylation is 1. The lowest BCUT2D eigenvalue weighted by molar-refractivity contribution is 0.881. The third-order valence-electron chi connectivity index (χ3n) is 4.94. The van der Waals surface area contributed by atoms with Gasteiger partial charge in [0.1, 0.15) is 11.5 Å². The first-order valence-corrected chi connectivity index (χ1v) is 9.73. The largest absolute Gasteiger partial charge is 0.343 e. The molecule has 1 aromatic carbocycles. The number of H-pyrrole nitrogens is 1. The van der Waals surface area contributed by atoms with Crippen LogP contribution in [0.5, 0.6) is 0 Å². The van der Waals surface area contributed by atoms with Gasteiger partial charge in [-0.25, -0.2) is 4.68 Å². The summed E-state index contributed by atoms with van der Waals surface area (Å²) in [6, 6.07) is 10.1. The Kier molecular flexibility index (Phi) is 4.16. The minimum atomic E-state index is 0.614. The highest BCUT2D eigenvalue weighted by atomic mass is 35.5. The summed E-state index contributed by atoms with van der Waals surface area (Å²) in [6.07, 6.45) is 5.78. The molecular formula is C20H20ClN7. The van der Waals surface area contributed by atoms with E-state index < -0.39 is 0 Å². The maximum atomic E-state index is 5.96. The van der Waals surface area contributed by atoms with Crippen molar-refractivity contribution >= 4 is 40.1 Å². The van der Waals surface area contributed by atoms with E-state index in [0.717, 1.165) is 53.0 Å². The van der Waals surface area contributed by atoms with Crippen molar-refractivity contribution < 1.29 is 0 Å². The van der Waals surface area contributed by atoms with E-state index in [0.29, 0.717) is 5.02 Å². The Hall–Kier alpha value is -3.06. The van der Waals surface area contributed by atoms with Gasteiger partial charge in [-0.1, -0.05) is 11.6 Å². The summed E-state index contributed by atoms with van der Waals surface area (Å²) in [7, 11) is 0. The number of fused-ring (bicyclic) bond motifs is 1. The quantitative estimate of drug-likeness (QED) is 0.535. The zero-order chi connectivity index (χ0) is 19.1. The summed E-state index contributed by atoms with van der Waals surface area (Å²) in [6.45, 7) is 4.04. The van der Waals surface area contributed by atoms with Crippen LogP contribution in [0.3, 0.4) is 0 Å². The summed E-state index contributed by atoms with van der Waals surface area (Å²) in [5.41, 5.74) is 3.82. The van der Waals surface area contributed by atoms with Gasteiger partial charge in [-0.15, -0.1) is 0 Å². The van der Waals surface area contributed by atoms with Crippen molar-refractivity contribution in [1.82, 2.24) is 24.7 Å². The van der Waals surface area contributed by atoms with E-state index in [9.17, 15) is 0 Å². The molecule has 1 fully saturated rings. The van der Waals surface area contributed by atoms with Gasteiger partial charge in [0.15, 0.2) is 0 Å². The number of nitrogens with zero attached hydrogens (tertiary/aromatic N) is 5. The molecule has 4 aromatic rings. The number of rotatable bonds is 4. The molecule has 1 aliphatic rings. The zero-order valence-electron chi connectivity index (χ0n) is 15.5. The van der Waals surface area contributed by atoms with Crippen LogP contribution in [0.4, 0.5) is 17.5 Å². The Morgan fingerprint density at radius 2 is 1.89 bits per heavy atom. The van der Waals surface area contributed by atoms with E-state index in [1.807, 2.05) is 31.2 Å². The van der Waals surface area contributed by atoms with Gasteiger partial charge in [-0.05, 0) is 50.1 Å². The van der Waals surface area contributed by atoms with Crippen molar-refractivity contribution in [3.8, 4) is 5.69 Å². The van der Waals surface area contributed by atoms with Crippen molar-refractivity contribution in [1.29, 1.82) is 0 Å². The van der Waals surface area contributed by atoms with Crippen LogP contribution < -0.4 is 10.2 Å². The summed E-state index contributed by atoms with van der Waals surface area (Å²) < 4.78 is 1.75. The molecule has 1 saturated heterocycles. The highest BCUT2D eigenvalue weighted by Crippen LogP contribution is 2.28. The molecule has 0 saturated carbocycles. The maximum absolute atomic E-state index is 5.96. The van der Waals surface area contributed by atoms with Crippen molar-refractivity contribution in [3.63, 3.8) is 0 Å². The van der Waals surface area contributed by atoms with Crippen LogP contribution in [0.25, 0.3) is 16.7 Å². The van der Waals surface area contributed by atoms with Crippen LogP contribution in [0, 0.1) is 6.92 Å². The van der Waals surface area contributed by atoms with E-state index in [2.05, 4.69) is 26.4 Å². The summed E-state index contributed by atoms with van der Waals surface area (Å²) in [5, 5.41) is 9.29. The lowest BCUT2D eigenvalue weighted by Gasteiger charge is -2.17. The number of anilines is 3. The van der Waals surface area contributed by atoms with Crippen LogP contribution in [0.15, 0.2) is 42.7 Å². The second kappa shape index (κ2) is 6.83. The lowest BCUT2D eigenvalue weighted by atomic mass is 10.2. The second-order valence-corrected chi connectivity index (χ2v) is 7.49. The number of aromatic nitrogens is 5. The average Bonchev–Trinajstić information content (AvgIpc) is 3.42. The fourth-order valence-corrected chi connectivity index (χ4v) is 3.70. The number of hydrogen-bond acceptors (Lipinski definition) is 5. The molecule has 4 heterocycles. The maximum Gasteiger partial charge on any atom is 0.229 e. The molecule has 0 aliphatic carbocycles. The number of benzene rings is 1. The lowest BCUT2D eigenvalue weighted by Crippen LogP contribution is -2.20. The smallest absolute Gasteiger partial charge is 0.229 e. The van der Waals surface area contributed by atoms with Crippen molar-refractivity contribution in [2.24, 2.45) is 0 Å². The number of nitrogens with one attached hydrogen (secondary N) is 2. The van der Waals surface area contributed by atoms with Crippen LogP contribution in [0.1, 0.15) is 18.5 Å². The van der Waals surface area contributed by atoms with E-state index >= 15 is 0 Å². The fourth-order valence-electron chi connectivity index (χ4n) is 3.56. The van der Waals surface area contributed by atoms with Crippen LogP contribution in [0.2, 0.25) is 5.02 Å². The van der Waals surface area contributed by atoms with Crippen LogP contribution in [-0.2, 0) is 0 Å². The highest BCUT2D eigenvalue weighted by Gasteiger charge is 2.18. The van der Waals surface area contributed by atoms with E-state index in [-0.39, 0.29) is 0 Å². The first-order valence-electron chi connectivity index (χ1n) is 9.36. The van der Waals surface area contributed by atoms with Gasteiger partial charge in [0.25, 0.3) is 0 Å². The average molecular weight is 394 g/mol. The molecule has 0 unspecified atom stereocenters. The molecule has 0 amide bonds. The zero-order valence-corrected chi connectivity index (χ0v) is 16.2. The summed E-state index contributed by atoms with van der Waals surface area (Å²) in [5.74, 6) is 1.59. The molecule has 8 heteroatoms. The predicted octanol–water partition coefficient (Wildman–Crippen LogP) is 4.45. The monoisotopic (exact) mass is 393 g/mol. The summed E-state index contributed by atoms with van der Waals surface area (Å²) in [4.78, 5) is 15.1. The third kappa shape index (κ3) is 3.18. The highest BCUT2D eigenvalue weighted by molar-refractivity contribution is 6.30. The van der Waals surface area contributed by atoms with Gasteiger partial charge < -0.3 is 15.2 Å².